The van der Waals surface area contributed by atoms with Gasteiger partial charge in [0.15, 0.2) is 0 Å². The van der Waals surface area contributed by atoms with E-state index in [1.165, 1.54) is 16.4 Å². The molecule has 1 N–H and O–H groups in total. The van der Waals surface area contributed by atoms with Crippen LogP contribution in [0.15, 0.2) is 48.5 Å². The highest BCUT2D eigenvalue weighted by molar-refractivity contribution is 7.95. The van der Waals surface area contributed by atoms with E-state index in [9.17, 15) is 21.6 Å². The molecular weight excluding hydrogens is 403 g/mol. The standard InChI is InChI=1S/C17H18F3N3O2S.ClH/c1-21-10-5-11-22-15-8-2-3-9-16(15)23(26(22,24)25)14-7-4-6-13(12-14)17(18,19)20;/h2-4,6-9,12,21H,5,10-11H2,1H3;1H. The number of nitrogens with zero attached hydrogens (tertiary/aromatic N) is 2. The van der Waals surface area contributed by atoms with Crippen molar-refractivity contribution >= 4 is 39.7 Å². The maximum absolute atomic E-state index is 13.1. The zero-order valence-electron chi connectivity index (χ0n) is 14.4. The molecule has 0 saturated carbocycles. The van der Waals surface area contributed by atoms with E-state index in [1.807, 2.05) is 0 Å². The van der Waals surface area contributed by atoms with Gasteiger partial charge in [0, 0.05) is 6.54 Å². The van der Waals surface area contributed by atoms with E-state index in [4.69, 9.17) is 0 Å². The number of para-hydroxylation sites is 2. The van der Waals surface area contributed by atoms with Crippen molar-refractivity contribution in [2.24, 2.45) is 0 Å². The van der Waals surface area contributed by atoms with Crippen molar-refractivity contribution in [1.82, 2.24) is 5.32 Å². The molecule has 3 rings (SSSR count). The largest absolute Gasteiger partial charge is 0.416 e. The van der Waals surface area contributed by atoms with Crippen LogP contribution >= 0.6 is 12.4 Å². The van der Waals surface area contributed by atoms with Crippen LogP contribution in [0.2, 0.25) is 0 Å². The molecule has 0 fully saturated rings. The summed E-state index contributed by atoms with van der Waals surface area (Å²) in [5, 5.41) is 2.95. The summed E-state index contributed by atoms with van der Waals surface area (Å²) in [5.74, 6) is 0. The third-order valence-corrected chi connectivity index (χ3v) is 5.88. The van der Waals surface area contributed by atoms with Gasteiger partial charge < -0.3 is 5.32 Å². The summed E-state index contributed by atoms with van der Waals surface area (Å²) in [7, 11) is -2.25. The Kier molecular flexibility index (Phi) is 6.28. The lowest BCUT2D eigenvalue weighted by atomic mass is 10.2. The first-order valence-electron chi connectivity index (χ1n) is 8.00. The third kappa shape index (κ3) is 3.99. The SMILES string of the molecule is CNCCCN1c2ccccc2N(c2cccc(C(F)(F)F)c2)S1(=O)=O.Cl. The van der Waals surface area contributed by atoms with Gasteiger partial charge in [-0.15, -0.1) is 12.4 Å². The number of hydrogen-bond donors (Lipinski definition) is 1. The predicted molar refractivity (Wildman–Crippen MR) is 102 cm³/mol. The van der Waals surface area contributed by atoms with Crippen LogP contribution < -0.4 is 13.9 Å². The van der Waals surface area contributed by atoms with Crippen molar-refractivity contribution in [3.05, 3.63) is 54.1 Å². The van der Waals surface area contributed by atoms with Gasteiger partial charge in [-0.3, -0.25) is 4.31 Å². The first-order valence-corrected chi connectivity index (χ1v) is 9.40. The maximum atomic E-state index is 13.1. The summed E-state index contributed by atoms with van der Waals surface area (Å²) in [4.78, 5) is 0. The highest BCUT2D eigenvalue weighted by Gasteiger charge is 2.41. The van der Waals surface area contributed by atoms with E-state index in [0.29, 0.717) is 24.3 Å². The minimum absolute atomic E-state index is 0. The summed E-state index contributed by atoms with van der Waals surface area (Å²) in [6.45, 7) is 0.855. The van der Waals surface area contributed by atoms with E-state index in [2.05, 4.69) is 5.32 Å². The van der Waals surface area contributed by atoms with Crippen molar-refractivity contribution < 1.29 is 21.6 Å². The molecule has 1 aliphatic heterocycles. The molecule has 10 heteroatoms. The number of alkyl halides is 3. The van der Waals surface area contributed by atoms with Gasteiger partial charge in [-0.25, -0.2) is 4.31 Å². The molecule has 0 saturated heterocycles. The molecule has 0 aliphatic carbocycles. The minimum Gasteiger partial charge on any atom is -0.320 e. The Labute approximate surface area is 162 Å². The normalized spacial score (nSPS) is 15.4. The number of nitrogens with one attached hydrogen (secondary N) is 1. The number of anilines is 3. The quantitative estimate of drug-likeness (QED) is 0.744. The number of rotatable bonds is 5. The van der Waals surface area contributed by atoms with Crippen LogP contribution in [0.3, 0.4) is 0 Å². The van der Waals surface area contributed by atoms with Crippen LogP contribution in [0.5, 0.6) is 0 Å². The zero-order valence-corrected chi connectivity index (χ0v) is 16.0. The Morgan fingerprint density at radius 2 is 1.70 bits per heavy atom. The van der Waals surface area contributed by atoms with Gasteiger partial charge >= 0.3 is 16.4 Å². The smallest absolute Gasteiger partial charge is 0.320 e. The van der Waals surface area contributed by atoms with Crippen LogP contribution in [-0.4, -0.2) is 28.6 Å². The molecular formula is C17H19ClF3N3O2S. The molecule has 1 aliphatic rings. The number of fused-ring (bicyclic) bond motifs is 1. The van der Waals surface area contributed by atoms with Gasteiger partial charge in [0.05, 0.1) is 22.6 Å². The van der Waals surface area contributed by atoms with Gasteiger partial charge in [0.2, 0.25) is 0 Å². The first kappa shape index (κ1) is 21.3. The molecule has 0 amide bonds. The molecule has 0 unspecified atom stereocenters. The lowest BCUT2D eigenvalue weighted by molar-refractivity contribution is -0.137. The lowest BCUT2D eigenvalue weighted by Crippen LogP contribution is -2.36. The second kappa shape index (κ2) is 7.95. The van der Waals surface area contributed by atoms with Crippen LogP contribution in [0, 0.1) is 0 Å². The lowest BCUT2D eigenvalue weighted by Gasteiger charge is -2.22. The Hall–Kier alpha value is -1.97. The monoisotopic (exact) mass is 421 g/mol. The average molecular weight is 422 g/mol. The van der Waals surface area contributed by atoms with Crippen molar-refractivity contribution in [1.29, 1.82) is 0 Å². The molecule has 2 aromatic rings. The average Bonchev–Trinajstić information content (AvgIpc) is 2.81. The van der Waals surface area contributed by atoms with Crippen molar-refractivity contribution in [2.45, 2.75) is 12.6 Å². The molecule has 0 spiro atoms. The number of halogens is 4. The van der Waals surface area contributed by atoms with Crippen molar-refractivity contribution in [3.8, 4) is 0 Å². The third-order valence-electron chi connectivity index (χ3n) is 4.07. The molecule has 0 bridgehead atoms. The van der Waals surface area contributed by atoms with E-state index < -0.39 is 21.9 Å². The van der Waals surface area contributed by atoms with Crippen LogP contribution in [0.4, 0.5) is 30.2 Å². The predicted octanol–water partition coefficient (Wildman–Crippen LogP) is 3.94. The molecule has 5 nitrogen and oxygen atoms in total. The highest BCUT2D eigenvalue weighted by Crippen LogP contribution is 2.46. The molecule has 0 atom stereocenters. The maximum Gasteiger partial charge on any atom is 0.416 e. The zero-order chi connectivity index (χ0) is 18.9. The topological polar surface area (TPSA) is 52.6 Å². The van der Waals surface area contributed by atoms with Crippen molar-refractivity contribution in [3.63, 3.8) is 0 Å². The van der Waals surface area contributed by atoms with E-state index in [0.717, 1.165) is 16.4 Å². The molecule has 1 heterocycles. The number of hydrogen-bond acceptors (Lipinski definition) is 3. The van der Waals surface area contributed by atoms with Crippen LogP contribution in [0.1, 0.15) is 12.0 Å². The van der Waals surface area contributed by atoms with Gasteiger partial charge in [0.1, 0.15) is 0 Å². The number of benzene rings is 2. The van der Waals surface area contributed by atoms with Crippen LogP contribution in [0.25, 0.3) is 0 Å². The fourth-order valence-corrected chi connectivity index (χ4v) is 4.65. The summed E-state index contributed by atoms with van der Waals surface area (Å²) in [5.41, 5.74) is -0.128. The Morgan fingerprint density at radius 3 is 2.33 bits per heavy atom. The summed E-state index contributed by atoms with van der Waals surface area (Å²) in [6.07, 6.45) is -3.98. The first-order chi connectivity index (χ1) is 12.3. The Bertz CT molecular complexity index is 906. The van der Waals surface area contributed by atoms with E-state index in [-0.39, 0.29) is 24.6 Å². The fraction of sp³-hybridized carbons (Fsp3) is 0.294. The molecule has 0 aromatic heterocycles. The second-order valence-electron chi connectivity index (χ2n) is 5.84. The minimum atomic E-state index is -4.55. The molecule has 27 heavy (non-hydrogen) atoms. The van der Waals surface area contributed by atoms with Gasteiger partial charge in [-0.2, -0.15) is 21.6 Å². The molecule has 148 valence electrons. The van der Waals surface area contributed by atoms with Gasteiger partial charge in [0.25, 0.3) is 0 Å². The second-order valence-corrected chi connectivity index (χ2v) is 7.54. The van der Waals surface area contributed by atoms with Crippen LogP contribution in [-0.2, 0) is 16.4 Å². The Balaban J connectivity index is 0.00000261. The Morgan fingerprint density at radius 1 is 1.04 bits per heavy atom. The molecule has 2 aromatic carbocycles. The van der Waals surface area contributed by atoms with E-state index >= 15 is 0 Å². The summed E-state index contributed by atoms with van der Waals surface area (Å²) < 4.78 is 67.4. The summed E-state index contributed by atoms with van der Waals surface area (Å²) >= 11 is 0. The van der Waals surface area contributed by atoms with Gasteiger partial charge in [-0.05, 0) is 50.3 Å². The fourth-order valence-electron chi connectivity index (χ4n) is 2.91. The van der Waals surface area contributed by atoms with E-state index in [1.54, 1.807) is 31.3 Å². The summed E-state index contributed by atoms with van der Waals surface area (Å²) in [6, 6.07) is 10.9. The van der Waals surface area contributed by atoms with Gasteiger partial charge in [-0.1, -0.05) is 18.2 Å². The molecule has 0 radical (unpaired) electrons. The highest BCUT2D eigenvalue weighted by atomic mass is 35.5. The van der Waals surface area contributed by atoms with Crippen molar-refractivity contribution in [2.75, 3.05) is 28.7 Å².